The summed E-state index contributed by atoms with van der Waals surface area (Å²) in [6, 6.07) is 3.12. The number of aryl methyl sites for hydroxylation is 1. The van der Waals surface area contributed by atoms with E-state index < -0.39 is 11.6 Å². The lowest BCUT2D eigenvalue weighted by molar-refractivity contribution is -0.126. The molecule has 0 aliphatic rings. The number of aliphatic hydroxyl groups is 1. The minimum absolute atomic E-state index is 0.107. The van der Waals surface area contributed by atoms with E-state index in [0.717, 1.165) is 15.2 Å². The molecule has 0 aromatic heterocycles. The summed E-state index contributed by atoms with van der Waals surface area (Å²) in [5.74, 6) is -2.75. The fraction of sp³-hybridized carbons (Fsp3) is 0.167. The van der Waals surface area contributed by atoms with E-state index in [1.807, 2.05) is 22.6 Å². The minimum atomic E-state index is -1.56. The summed E-state index contributed by atoms with van der Waals surface area (Å²) in [5, 5.41) is 9.78. The molecule has 0 bridgehead atoms. The predicted octanol–water partition coefficient (Wildman–Crippen LogP) is 0.253. The van der Waals surface area contributed by atoms with E-state index in [9.17, 15) is 14.7 Å². The Bertz CT molecular complexity index is 562. The number of allylic oxidation sites excluding steroid dienone is 1. The Morgan fingerprint density at radius 1 is 1.37 bits per heavy atom. The molecule has 0 unspecified atom stereocenters. The maximum Gasteiger partial charge on any atom is 0.221 e. The van der Waals surface area contributed by atoms with Crippen LogP contribution in [0.3, 0.4) is 0 Å². The van der Waals surface area contributed by atoms with Gasteiger partial charge in [0.1, 0.15) is 11.5 Å². The van der Waals surface area contributed by atoms with E-state index in [-0.39, 0.29) is 12.0 Å². The molecule has 0 atom stereocenters. The van der Waals surface area contributed by atoms with Gasteiger partial charge < -0.3 is 5.11 Å². The average molecular weight is 375 g/mol. The zero-order valence-corrected chi connectivity index (χ0v) is 12.3. The second-order valence-corrected chi connectivity index (χ2v) is 5.22. The van der Waals surface area contributed by atoms with Crippen LogP contribution >= 0.6 is 22.6 Å². The molecule has 0 aliphatic heterocycles. The highest BCUT2D eigenvalue weighted by atomic mass is 127. The summed E-state index contributed by atoms with van der Waals surface area (Å²) >= 11 is 2.04. The quantitative estimate of drug-likeness (QED) is 0.149. The van der Waals surface area contributed by atoms with Gasteiger partial charge in [0.25, 0.3) is 0 Å². The Morgan fingerprint density at radius 3 is 2.42 bits per heavy atom. The van der Waals surface area contributed by atoms with E-state index in [1.54, 1.807) is 13.0 Å². The van der Waals surface area contributed by atoms with Crippen LogP contribution in [0.25, 0.3) is 5.76 Å². The van der Waals surface area contributed by atoms with Crippen LogP contribution in [-0.4, -0.2) is 17.2 Å². The van der Waals surface area contributed by atoms with Crippen molar-refractivity contribution in [2.24, 2.45) is 17.2 Å². The lowest BCUT2D eigenvalue weighted by atomic mass is 10.0. The SMILES string of the molecule is Cc1cc(C(O)=CC(=O)C=O)cc(C(N)(N)N)c1I. The first-order chi connectivity index (χ1) is 8.66. The zero-order chi connectivity index (χ0) is 14.8. The number of hydrogen-bond acceptors (Lipinski definition) is 6. The smallest absolute Gasteiger partial charge is 0.221 e. The highest BCUT2D eigenvalue weighted by Gasteiger charge is 2.21. The maximum absolute atomic E-state index is 10.9. The van der Waals surface area contributed by atoms with Crippen molar-refractivity contribution in [1.29, 1.82) is 0 Å². The van der Waals surface area contributed by atoms with Gasteiger partial charge in [0.2, 0.25) is 5.78 Å². The van der Waals surface area contributed by atoms with Gasteiger partial charge in [0, 0.05) is 20.8 Å². The lowest BCUT2D eigenvalue weighted by Crippen LogP contribution is -2.55. The maximum atomic E-state index is 10.9. The van der Waals surface area contributed by atoms with Crippen molar-refractivity contribution in [3.05, 3.63) is 38.5 Å². The van der Waals surface area contributed by atoms with Crippen LogP contribution in [0.1, 0.15) is 16.7 Å². The van der Waals surface area contributed by atoms with Crippen molar-refractivity contribution in [3.8, 4) is 0 Å². The van der Waals surface area contributed by atoms with Crippen molar-refractivity contribution in [1.82, 2.24) is 0 Å². The summed E-state index contributed by atoms with van der Waals surface area (Å²) in [5.41, 5.74) is 18.5. The molecule has 7 heteroatoms. The number of ketones is 1. The molecule has 0 radical (unpaired) electrons. The van der Waals surface area contributed by atoms with Gasteiger partial charge >= 0.3 is 0 Å². The molecule has 1 aromatic carbocycles. The number of rotatable bonds is 4. The van der Waals surface area contributed by atoms with Crippen LogP contribution in [0, 0.1) is 10.5 Å². The molecular formula is C12H14IN3O3. The van der Waals surface area contributed by atoms with E-state index in [0.29, 0.717) is 11.1 Å². The highest BCUT2D eigenvalue weighted by molar-refractivity contribution is 14.1. The standard InChI is InChI=1S/C12H14IN3O3/c1-6-2-7(10(19)4-8(18)5-17)3-9(11(6)13)12(14,15)16/h2-5,19H,14-16H2,1H3. The predicted molar refractivity (Wildman–Crippen MR) is 79.8 cm³/mol. The third-order valence-corrected chi connectivity index (χ3v) is 3.84. The van der Waals surface area contributed by atoms with Crippen LogP contribution in [0.2, 0.25) is 0 Å². The molecule has 1 aromatic rings. The van der Waals surface area contributed by atoms with Gasteiger partial charge in [-0.3, -0.25) is 26.8 Å². The molecule has 0 aliphatic carbocycles. The normalized spacial score (nSPS) is 12.4. The first kappa shape index (κ1) is 15.8. The molecule has 0 fully saturated rings. The second kappa shape index (κ2) is 5.78. The van der Waals surface area contributed by atoms with Crippen LogP contribution in [0.4, 0.5) is 0 Å². The van der Waals surface area contributed by atoms with Crippen molar-refractivity contribution in [2.75, 3.05) is 0 Å². The van der Waals surface area contributed by atoms with Crippen molar-refractivity contribution in [2.45, 2.75) is 12.7 Å². The Kier molecular flexibility index (Phi) is 4.80. The zero-order valence-electron chi connectivity index (χ0n) is 10.2. The number of nitrogens with two attached hydrogens (primary N) is 3. The van der Waals surface area contributed by atoms with Crippen molar-refractivity contribution in [3.63, 3.8) is 0 Å². The summed E-state index contributed by atoms with van der Waals surface area (Å²) in [4.78, 5) is 21.2. The van der Waals surface area contributed by atoms with Gasteiger partial charge in [0.15, 0.2) is 6.29 Å². The summed E-state index contributed by atoms with van der Waals surface area (Å²) < 4.78 is 0.767. The fourth-order valence-corrected chi connectivity index (χ4v) is 2.26. The molecule has 0 spiro atoms. The van der Waals surface area contributed by atoms with Crippen LogP contribution in [0.15, 0.2) is 18.2 Å². The van der Waals surface area contributed by atoms with Gasteiger partial charge in [-0.05, 0) is 47.2 Å². The monoisotopic (exact) mass is 375 g/mol. The molecule has 7 N–H and O–H groups in total. The number of aliphatic hydroxyl groups excluding tert-OH is 1. The van der Waals surface area contributed by atoms with Gasteiger partial charge in [-0.15, -0.1) is 0 Å². The molecule has 1 rings (SSSR count). The van der Waals surface area contributed by atoms with Gasteiger partial charge in [-0.25, -0.2) is 0 Å². The Labute approximate surface area is 123 Å². The Morgan fingerprint density at radius 2 is 1.95 bits per heavy atom. The summed E-state index contributed by atoms with van der Waals surface area (Å²) in [6.07, 6.45) is 0.930. The number of aldehydes is 1. The Balaban J connectivity index is 3.40. The summed E-state index contributed by atoms with van der Waals surface area (Å²) in [7, 11) is 0. The number of carbonyl (C=O) groups is 2. The lowest BCUT2D eigenvalue weighted by Gasteiger charge is -2.22. The molecular weight excluding hydrogens is 361 g/mol. The molecule has 6 nitrogen and oxygen atoms in total. The number of carbonyl (C=O) groups excluding carboxylic acids is 2. The first-order valence-corrected chi connectivity index (χ1v) is 6.32. The molecule has 0 saturated heterocycles. The van der Waals surface area contributed by atoms with E-state index >= 15 is 0 Å². The van der Waals surface area contributed by atoms with Crippen LogP contribution in [-0.2, 0) is 15.4 Å². The second-order valence-electron chi connectivity index (χ2n) is 4.14. The van der Waals surface area contributed by atoms with E-state index in [1.165, 1.54) is 6.07 Å². The Hall–Kier alpha value is -1.29. The largest absolute Gasteiger partial charge is 0.507 e. The van der Waals surface area contributed by atoms with Crippen LogP contribution in [0.5, 0.6) is 0 Å². The van der Waals surface area contributed by atoms with Gasteiger partial charge in [-0.2, -0.15) is 0 Å². The van der Waals surface area contributed by atoms with Gasteiger partial charge in [0.05, 0.1) is 0 Å². The molecule has 102 valence electrons. The third kappa shape index (κ3) is 3.83. The van der Waals surface area contributed by atoms with Crippen molar-refractivity contribution >= 4 is 40.4 Å². The molecule has 0 saturated carbocycles. The molecule has 0 amide bonds. The van der Waals surface area contributed by atoms with E-state index in [4.69, 9.17) is 17.2 Å². The molecule has 19 heavy (non-hydrogen) atoms. The summed E-state index contributed by atoms with van der Waals surface area (Å²) in [6.45, 7) is 1.79. The van der Waals surface area contributed by atoms with Crippen molar-refractivity contribution < 1.29 is 14.7 Å². The highest BCUT2D eigenvalue weighted by Crippen LogP contribution is 2.25. The topological polar surface area (TPSA) is 132 Å². The third-order valence-electron chi connectivity index (χ3n) is 2.41. The molecule has 0 heterocycles. The van der Waals surface area contributed by atoms with E-state index in [2.05, 4.69) is 0 Å². The number of hydrogen-bond donors (Lipinski definition) is 4. The van der Waals surface area contributed by atoms with Crippen LogP contribution < -0.4 is 17.2 Å². The average Bonchev–Trinajstić information content (AvgIpc) is 2.30. The fourth-order valence-electron chi connectivity index (χ4n) is 1.48. The number of halogens is 1. The van der Waals surface area contributed by atoms with Gasteiger partial charge in [-0.1, -0.05) is 0 Å². The first-order valence-electron chi connectivity index (χ1n) is 5.24. The minimum Gasteiger partial charge on any atom is -0.507 e. The number of benzene rings is 1.